The fourth-order valence-electron chi connectivity index (χ4n) is 10.5. The van der Waals surface area contributed by atoms with Crippen molar-refractivity contribution in [3.63, 3.8) is 0 Å². The average molecular weight is 991 g/mol. The van der Waals surface area contributed by atoms with E-state index in [1.54, 1.807) is 0 Å². The maximum Gasteiger partial charge on any atom is 0.305 e. The molecule has 0 aliphatic rings. The van der Waals surface area contributed by atoms with Gasteiger partial charge >= 0.3 is 5.97 Å². The quantitative estimate of drug-likeness (QED) is 0.0417. The van der Waals surface area contributed by atoms with E-state index in [9.17, 15) is 19.8 Å². The smallest absolute Gasteiger partial charge is 0.305 e. The number of aliphatic hydroxyl groups excluding tert-OH is 2. The third-order valence-electron chi connectivity index (χ3n) is 15.4. The Morgan fingerprint density at radius 2 is 0.586 bits per heavy atom. The molecule has 0 spiro atoms. The maximum atomic E-state index is 12.5. The molecule has 0 aromatic heterocycles. The molecule has 3 N–H and O–H groups in total. The van der Waals surface area contributed by atoms with Gasteiger partial charge in [-0.2, -0.15) is 0 Å². The number of nitrogens with one attached hydrogen (secondary N) is 1. The number of hydrogen-bond donors (Lipinski definition) is 3. The highest BCUT2D eigenvalue weighted by Crippen LogP contribution is 2.19. The molecule has 6 nitrogen and oxygen atoms in total. The number of esters is 1. The first-order valence-electron chi connectivity index (χ1n) is 32.3. The second-order valence-corrected chi connectivity index (χ2v) is 22.5. The fraction of sp³-hybridized carbons (Fsp3) is 0.969. The van der Waals surface area contributed by atoms with Crippen LogP contribution in [0, 0.1) is 0 Å². The summed E-state index contributed by atoms with van der Waals surface area (Å²) in [5.41, 5.74) is 0. The van der Waals surface area contributed by atoms with Gasteiger partial charge in [-0.25, -0.2) is 0 Å². The number of carbonyl (C=O) groups excluding carboxylic acids is 2. The summed E-state index contributed by atoms with van der Waals surface area (Å²) in [6, 6.07) is -0.537. The largest absolute Gasteiger partial charge is 0.466 e. The van der Waals surface area contributed by atoms with Gasteiger partial charge in [0.05, 0.1) is 25.4 Å². The van der Waals surface area contributed by atoms with Crippen molar-refractivity contribution in [1.29, 1.82) is 0 Å². The van der Waals surface area contributed by atoms with Gasteiger partial charge in [0.2, 0.25) is 5.91 Å². The molecule has 0 aliphatic carbocycles. The van der Waals surface area contributed by atoms with E-state index in [2.05, 4.69) is 19.2 Å². The van der Waals surface area contributed by atoms with E-state index in [1.807, 2.05) is 0 Å². The summed E-state index contributed by atoms with van der Waals surface area (Å²) in [6.07, 6.45) is 71.3. The molecule has 6 heteroatoms. The van der Waals surface area contributed by atoms with Crippen molar-refractivity contribution >= 4 is 11.9 Å². The molecule has 0 aliphatic heterocycles. The van der Waals surface area contributed by atoms with Crippen LogP contribution < -0.4 is 5.32 Å². The molecule has 1 amide bonds. The van der Waals surface area contributed by atoms with E-state index in [1.165, 1.54) is 302 Å². The molecule has 0 radical (unpaired) electrons. The highest BCUT2D eigenvalue weighted by Gasteiger charge is 2.20. The first-order valence-corrected chi connectivity index (χ1v) is 32.3. The monoisotopic (exact) mass is 990 g/mol. The number of hydrogen-bond acceptors (Lipinski definition) is 5. The van der Waals surface area contributed by atoms with Gasteiger partial charge in [0.1, 0.15) is 0 Å². The lowest BCUT2D eigenvalue weighted by Crippen LogP contribution is -2.45. The van der Waals surface area contributed by atoms with Crippen LogP contribution in [0.2, 0.25) is 0 Å². The fourth-order valence-corrected chi connectivity index (χ4v) is 10.5. The van der Waals surface area contributed by atoms with Crippen LogP contribution >= 0.6 is 0 Å². The molecule has 0 heterocycles. The van der Waals surface area contributed by atoms with E-state index < -0.39 is 12.1 Å². The standard InChI is InChI=1S/C64H127NO5/c1-3-5-7-9-11-13-15-32-36-40-44-48-52-56-62(67)61(60-66)65-63(68)57-53-49-45-41-37-34-30-28-26-24-22-20-18-17-19-21-23-25-27-29-31-35-39-43-47-51-55-59-70-64(69)58-54-50-46-42-38-33-16-14-12-10-8-6-4-2/h61-62,66-67H,3-60H2,1-2H3,(H,65,68). The molecular weight excluding hydrogens is 863 g/mol. The number of carbonyl (C=O) groups is 2. The topological polar surface area (TPSA) is 95.9 Å². The van der Waals surface area contributed by atoms with Gasteiger partial charge < -0.3 is 20.3 Å². The Morgan fingerprint density at radius 3 is 0.871 bits per heavy atom. The second kappa shape index (κ2) is 60.4. The minimum absolute atomic E-state index is 0.0205. The van der Waals surface area contributed by atoms with Crippen molar-refractivity contribution in [1.82, 2.24) is 5.32 Å². The summed E-state index contributed by atoms with van der Waals surface area (Å²) in [5.74, 6) is -0.00930. The van der Waals surface area contributed by atoms with Crippen molar-refractivity contribution in [2.24, 2.45) is 0 Å². The minimum atomic E-state index is -0.660. The Balaban J connectivity index is 3.32. The lowest BCUT2D eigenvalue weighted by atomic mass is 10.0. The number of unbranched alkanes of at least 4 members (excludes halogenated alkanes) is 50. The SMILES string of the molecule is CCCCCCCCCCCCCCCC(=O)OCCCCCCCCCCCCCCCCCCCCCCCCCCCCCC(=O)NC(CO)C(O)CCCCCCCCCCCCCCC. The lowest BCUT2D eigenvalue weighted by Gasteiger charge is -2.22. The minimum Gasteiger partial charge on any atom is -0.466 e. The number of ether oxygens (including phenoxy) is 1. The van der Waals surface area contributed by atoms with Crippen LogP contribution in [0.5, 0.6) is 0 Å². The van der Waals surface area contributed by atoms with Gasteiger partial charge in [-0.3, -0.25) is 9.59 Å². The van der Waals surface area contributed by atoms with Crippen molar-refractivity contribution < 1.29 is 24.5 Å². The zero-order valence-corrected chi connectivity index (χ0v) is 47.8. The highest BCUT2D eigenvalue weighted by molar-refractivity contribution is 5.76. The Morgan fingerprint density at radius 1 is 0.343 bits per heavy atom. The van der Waals surface area contributed by atoms with Crippen molar-refractivity contribution in [2.45, 2.75) is 386 Å². The lowest BCUT2D eigenvalue weighted by molar-refractivity contribution is -0.143. The third-order valence-corrected chi connectivity index (χ3v) is 15.4. The summed E-state index contributed by atoms with van der Waals surface area (Å²) in [6.45, 7) is 4.98. The predicted molar refractivity (Wildman–Crippen MR) is 306 cm³/mol. The van der Waals surface area contributed by atoms with E-state index in [0.29, 0.717) is 25.9 Å². The molecule has 2 unspecified atom stereocenters. The van der Waals surface area contributed by atoms with Crippen LogP contribution in [0.1, 0.15) is 373 Å². The zero-order valence-electron chi connectivity index (χ0n) is 47.8. The Bertz CT molecular complexity index is 1010. The molecular formula is C64H127NO5. The second-order valence-electron chi connectivity index (χ2n) is 22.5. The molecule has 70 heavy (non-hydrogen) atoms. The van der Waals surface area contributed by atoms with Crippen molar-refractivity contribution in [2.75, 3.05) is 13.2 Å². The third kappa shape index (κ3) is 56.2. The summed E-state index contributed by atoms with van der Waals surface area (Å²) in [7, 11) is 0. The Labute approximate surface area is 438 Å². The molecule has 0 fully saturated rings. The van der Waals surface area contributed by atoms with Crippen LogP contribution in [-0.4, -0.2) is 47.4 Å². The zero-order chi connectivity index (χ0) is 50.7. The summed E-state index contributed by atoms with van der Waals surface area (Å²) in [5, 5.41) is 23.3. The van der Waals surface area contributed by atoms with E-state index in [4.69, 9.17) is 4.74 Å². The van der Waals surface area contributed by atoms with Gasteiger partial charge in [-0.05, 0) is 25.7 Å². The highest BCUT2D eigenvalue weighted by atomic mass is 16.5. The summed E-state index contributed by atoms with van der Waals surface area (Å²) in [4.78, 5) is 24.5. The maximum absolute atomic E-state index is 12.5. The van der Waals surface area contributed by atoms with Gasteiger partial charge in [0.15, 0.2) is 0 Å². The summed E-state index contributed by atoms with van der Waals surface area (Å²) < 4.78 is 5.49. The van der Waals surface area contributed by atoms with Gasteiger partial charge in [0, 0.05) is 12.8 Å². The molecule has 0 bridgehead atoms. The van der Waals surface area contributed by atoms with Crippen LogP contribution in [0.4, 0.5) is 0 Å². The predicted octanol–water partition coefficient (Wildman–Crippen LogP) is 20.3. The Kier molecular flexibility index (Phi) is 59.4. The molecule has 0 saturated heterocycles. The van der Waals surface area contributed by atoms with Crippen LogP contribution in [-0.2, 0) is 14.3 Å². The number of rotatable bonds is 61. The molecule has 0 rings (SSSR count). The van der Waals surface area contributed by atoms with Gasteiger partial charge in [-0.1, -0.05) is 335 Å². The molecule has 0 saturated carbocycles. The van der Waals surface area contributed by atoms with Gasteiger partial charge in [0.25, 0.3) is 0 Å². The summed E-state index contributed by atoms with van der Waals surface area (Å²) >= 11 is 0. The first kappa shape index (κ1) is 68.9. The average Bonchev–Trinajstić information content (AvgIpc) is 3.36. The Hall–Kier alpha value is -1.14. The van der Waals surface area contributed by atoms with Gasteiger partial charge in [-0.15, -0.1) is 0 Å². The normalized spacial score (nSPS) is 12.5. The van der Waals surface area contributed by atoms with E-state index in [-0.39, 0.29) is 18.5 Å². The van der Waals surface area contributed by atoms with Crippen LogP contribution in [0.15, 0.2) is 0 Å². The first-order chi connectivity index (χ1) is 34.5. The number of amides is 1. The molecule has 0 aromatic rings. The molecule has 2 atom stereocenters. The number of aliphatic hydroxyl groups is 2. The van der Waals surface area contributed by atoms with Crippen LogP contribution in [0.3, 0.4) is 0 Å². The van der Waals surface area contributed by atoms with Crippen molar-refractivity contribution in [3.05, 3.63) is 0 Å². The van der Waals surface area contributed by atoms with Crippen molar-refractivity contribution in [3.8, 4) is 0 Å². The molecule has 0 aromatic carbocycles. The van der Waals surface area contributed by atoms with E-state index in [0.717, 1.165) is 38.5 Å². The molecule has 418 valence electrons. The van der Waals surface area contributed by atoms with Crippen LogP contribution in [0.25, 0.3) is 0 Å². The van der Waals surface area contributed by atoms with E-state index >= 15 is 0 Å².